The number of para-hydroxylation sites is 1. The molecule has 2 fully saturated rings. The molecule has 3 aliphatic carbocycles. The van der Waals surface area contributed by atoms with E-state index in [1.54, 1.807) is 58.0 Å². The number of carbonyl (C=O) groups is 2. The van der Waals surface area contributed by atoms with Gasteiger partial charge in [-0.05, 0) is 83.2 Å². The van der Waals surface area contributed by atoms with Crippen molar-refractivity contribution in [2.45, 2.75) is 76.8 Å². The Hall–Kier alpha value is -3.74. The van der Waals surface area contributed by atoms with Crippen LogP contribution in [0.15, 0.2) is 53.0 Å². The van der Waals surface area contributed by atoms with Crippen LogP contribution in [0.1, 0.15) is 67.9 Å². The Morgan fingerprint density at radius 2 is 1.66 bits per heavy atom. The molecule has 3 aromatic rings. The van der Waals surface area contributed by atoms with Gasteiger partial charge < -0.3 is 19.7 Å². The van der Waals surface area contributed by atoms with Crippen LogP contribution in [-0.2, 0) is 9.53 Å². The van der Waals surface area contributed by atoms with E-state index in [-0.39, 0.29) is 42.6 Å². The van der Waals surface area contributed by atoms with Crippen molar-refractivity contribution >= 4 is 50.1 Å². The standard InChI is InChI=1S/C34H33BrF5N3O4/c1-19-26(22-15-20(35)9-10-24(22)41-27(19)43-17-33(36,37)18-43)28(44)42-32-13-11-31(12-14-32,29(45)47-30(2,3)4)16-23(32)21-7-5-6-8-25(21)46-34(38,39)40/h5-10,15-16H,11-14,17-18H2,1-4H3,(H,42,44). The van der Waals surface area contributed by atoms with Gasteiger partial charge in [0.1, 0.15) is 17.2 Å². The number of esters is 1. The summed E-state index contributed by atoms with van der Waals surface area (Å²) in [5, 5.41) is 3.62. The topological polar surface area (TPSA) is 80.8 Å². The average molecular weight is 723 g/mol. The number of benzene rings is 2. The zero-order chi connectivity index (χ0) is 34.2. The van der Waals surface area contributed by atoms with Crippen LogP contribution < -0.4 is 15.0 Å². The number of nitrogens with one attached hydrogen (secondary N) is 1. The molecule has 1 saturated heterocycles. The fourth-order valence-corrected chi connectivity index (χ4v) is 7.25. The van der Waals surface area contributed by atoms with E-state index in [1.807, 2.05) is 0 Å². The molecule has 7 nitrogen and oxygen atoms in total. The van der Waals surface area contributed by atoms with Gasteiger partial charge in [-0.25, -0.2) is 13.8 Å². The number of hydrogen-bond donors (Lipinski definition) is 1. The van der Waals surface area contributed by atoms with Gasteiger partial charge in [-0.2, -0.15) is 0 Å². The first-order chi connectivity index (χ1) is 21.8. The van der Waals surface area contributed by atoms with Crippen LogP contribution in [0.5, 0.6) is 5.75 Å². The highest BCUT2D eigenvalue weighted by Gasteiger charge is 2.56. The quantitative estimate of drug-likeness (QED) is 0.205. The van der Waals surface area contributed by atoms with Crippen molar-refractivity contribution in [2.75, 3.05) is 18.0 Å². The normalized spacial score (nSPS) is 23.6. The predicted molar refractivity (Wildman–Crippen MR) is 169 cm³/mol. The molecule has 2 bridgehead atoms. The molecule has 250 valence electrons. The zero-order valence-corrected chi connectivity index (χ0v) is 27.7. The molecule has 1 N–H and O–H groups in total. The van der Waals surface area contributed by atoms with Gasteiger partial charge in [-0.15, -0.1) is 13.2 Å². The zero-order valence-electron chi connectivity index (χ0n) is 26.2. The maximum Gasteiger partial charge on any atom is 0.573 e. The first-order valence-corrected chi connectivity index (χ1v) is 16.0. The van der Waals surface area contributed by atoms with Gasteiger partial charge in [0.25, 0.3) is 11.8 Å². The Kier molecular flexibility index (Phi) is 7.88. The fraction of sp³-hybridized carbons (Fsp3) is 0.441. The monoisotopic (exact) mass is 721 g/mol. The maximum atomic E-state index is 14.5. The van der Waals surface area contributed by atoms with Gasteiger partial charge in [0.2, 0.25) is 0 Å². The van der Waals surface area contributed by atoms with Crippen molar-refractivity contribution in [1.82, 2.24) is 10.3 Å². The van der Waals surface area contributed by atoms with Crippen molar-refractivity contribution in [3.63, 3.8) is 0 Å². The molecule has 4 aliphatic rings. The van der Waals surface area contributed by atoms with E-state index in [0.717, 1.165) is 0 Å². The second kappa shape index (κ2) is 11.2. The lowest BCUT2D eigenvalue weighted by molar-refractivity contribution is -0.274. The maximum absolute atomic E-state index is 14.5. The highest BCUT2D eigenvalue weighted by Crippen LogP contribution is 2.56. The highest BCUT2D eigenvalue weighted by molar-refractivity contribution is 9.10. The summed E-state index contributed by atoms with van der Waals surface area (Å²) in [7, 11) is 0. The first-order valence-electron chi connectivity index (χ1n) is 15.2. The van der Waals surface area contributed by atoms with Gasteiger partial charge in [0.05, 0.1) is 35.1 Å². The summed E-state index contributed by atoms with van der Waals surface area (Å²) < 4.78 is 79.3. The number of ether oxygens (including phenoxy) is 2. The molecule has 0 unspecified atom stereocenters. The van der Waals surface area contributed by atoms with E-state index >= 15 is 0 Å². The number of hydrogen-bond acceptors (Lipinski definition) is 6. The molecule has 47 heavy (non-hydrogen) atoms. The van der Waals surface area contributed by atoms with Crippen LogP contribution in [0.4, 0.5) is 27.8 Å². The minimum atomic E-state index is -4.99. The SMILES string of the molecule is Cc1c(N2CC(F)(F)C2)nc2ccc(Br)cc2c1C(=O)NC12CCC(C(=O)OC(C)(C)C)(C=C1c1ccccc1OC(F)(F)F)CC2. The summed E-state index contributed by atoms with van der Waals surface area (Å²) in [6, 6.07) is 10.8. The van der Waals surface area contributed by atoms with Crippen LogP contribution in [-0.4, -0.2) is 53.4 Å². The van der Waals surface area contributed by atoms with E-state index in [4.69, 9.17) is 4.74 Å². The minimum Gasteiger partial charge on any atom is -0.459 e. The van der Waals surface area contributed by atoms with Gasteiger partial charge >= 0.3 is 12.3 Å². The number of anilines is 1. The van der Waals surface area contributed by atoms with Crippen LogP contribution in [0.3, 0.4) is 0 Å². The molecule has 1 aliphatic heterocycles. The van der Waals surface area contributed by atoms with Crippen molar-refractivity contribution in [3.05, 3.63) is 69.7 Å². The number of alkyl halides is 5. The fourth-order valence-electron chi connectivity index (χ4n) is 6.88. The summed E-state index contributed by atoms with van der Waals surface area (Å²) in [4.78, 5) is 34.1. The predicted octanol–water partition coefficient (Wildman–Crippen LogP) is 8.13. The van der Waals surface area contributed by atoms with Crippen LogP contribution in [0.25, 0.3) is 16.5 Å². The van der Waals surface area contributed by atoms with Crippen LogP contribution >= 0.6 is 15.9 Å². The Bertz CT molecular complexity index is 1800. The van der Waals surface area contributed by atoms with Crippen LogP contribution in [0.2, 0.25) is 0 Å². The Balaban J connectivity index is 1.47. The van der Waals surface area contributed by atoms with E-state index < -0.39 is 59.6 Å². The number of nitrogens with zero attached hydrogens (tertiary/aromatic N) is 2. The average Bonchev–Trinajstić information content (AvgIpc) is 2.94. The summed E-state index contributed by atoms with van der Waals surface area (Å²) in [5.41, 5.74) is -1.70. The smallest absolute Gasteiger partial charge is 0.459 e. The van der Waals surface area contributed by atoms with Gasteiger partial charge in [0, 0.05) is 21.0 Å². The van der Waals surface area contributed by atoms with Crippen molar-refractivity contribution in [3.8, 4) is 5.75 Å². The van der Waals surface area contributed by atoms with Crippen LogP contribution in [0, 0.1) is 12.3 Å². The molecule has 2 heterocycles. The third-order valence-electron chi connectivity index (χ3n) is 9.03. The van der Waals surface area contributed by atoms with Crippen molar-refractivity contribution in [1.29, 1.82) is 0 Å². The first kappa shape index (κ1) is 33.2. The second-order valence-electron chi connectivity index (χ2n) is 13.6. The lowest BCUT2D eigenvalue weighted by Crippen LogP contribution is -2.58. The molecule has 1 saturated carbocycles. The molecular weight excluding hydrogens is 689 g/mol. The molecule has 7 rings (SSSR count). The van der Waals surface area contributed by atoms with E-state index in [2.05, 4.69) is 31.0 Å². The van der Waals surface area contributed by atoms with Crippen molar-refractivity contribution in [2.24, 2.45) is 5.41 Å². The summed E-state index contributed by atoms with van der Waals surface area (Å²) >= 11 is 3.44. The Labute approximate surface area is 276 Å². The summed E-state index contributed by atoms with van der Waals surface area (Å²) in [6.45, 7) is 5.79. The molecule has 1 amide bonds. The van der Waals surface area contributed by atoms with E-state index in [9.17, 15) is 31.5 Å². The van der Waals surface area contributed by atoms with Gasteiger partial charge in [0.15, 0.2) is 0 Å². The minimum absolute atomic E-state index is 0.0833. The molecule has 13 heteroatoms. The highest BCUT2D eigenvalue weighted by atomic mass is 79.9. The van der Waals surface area contributed by atoms with Gasteiger partial charge in [-0.3, -0.25) is 9.59 Å². The number of amides is 1. The van der Waals surface area contributed by atoms with Gasteiger partial charge in [-0.1, -0.05) is 40.2 Å². The lowest BCUT2D eigenvalue weighted by Gasteiger charge is -2.52. The largest absolute Gasteiger partial charge is 0.573 e. The Morgan fingerprint density at radius 1 is 1.00 bits per heavy atom. The number of fused-ring (bicyclic) bond motifs is 3. The van der Waals surface area contributed by atoms with E-state index in [1.165, 1.54) is 23.1 Å². The molecule has 0 radical (unpaired) electrons. The molecule has 0 spiro atoms. The van der Waals surface area contributed by atoms with Crippen molar-refractivity contribution < 1.29 is 41.0 Å². The number of rotatable bonds is 6. The molecule has 0 atom stereocenters. The lowest BCUT2D eigenvalue weighted by atomic mass is 9.57. The number of halogens is 6. The number of carbonyl (C=O) groups excluding carboxylic acids is 2. The third kappa shape index (κ3) is 6.30. The number of aromatic nitrogens is 1. The summed E-state index contributed by atoms with van der Waals surface area (Å²) in [6.07, 6.45) is -2.35. The molecule has 1 aromatic heterocycles. The second-order valence-corrected chi connectivity index (χ2v) is 14.5. The molecule has 2 aromatic carbocycles. The molecular formula is C34H33BrF5N3O4. The summed E-state index contributed by atoms with van der Waals surface area (Å²) in [5.74, 6) is -4.13. The van der Waals surface area contributed by atoms with E-state index in [0.29, 0.717) is 26.5 Å². The Morgan fingerprint density at radius 3 is 2.28 bits per heavy atom. The third-order valence-corrected chi connectivity index (χ3v) is 9.52. The number of pyridine rings is 1.